The number of nitriles is 1. The smallest absolute Gasteiger partial charge is 0.338 e. The van der Waals surface area contributed by atoms with Gasteiger partial charge in [-0.05, 0) is 48.9 Å². The monoisotopic (exact) mass is 451 g/mol. The zero-order valence-corrected chi connectivity index (χ0v) is 18.5. The normalized spacial score (nSPS) is 14.4. The largest absolute Gasteiger partial charge is 0.452 e. The SMILES string of the molecule is CC(C)CN1C(=O)c2ccc(C(=O)OCC(=O)Nc3sc4c(c3C#N)CCC4)cc2C1=O. The van der Waals surface area contributed by atoms with Crippen LogP contribution in [0.25, 0.3) is 0 Å². The summed E-state index contributed by atoms with van der Waals surface area (Å²) in [5, 5.41) is 12.5. The first-order valence-electron chi connectivity index (χ1n) is 10.3. The second kappa shape index (κ2) is 8.55. The maximum atomic E-state index is 12.6. The lowest BCUT2D eigenvalue weighted by atomic mass is 10.1. The molecule has 0 fully saturated rings. The average Bonchev–Trinajstić information content (AvgIpc) is 3.40. The summed E-state index contributed by atoms with van der Waals surface area (Å²) in [6.07, 6.45) is 2.73. The zero-order chi connectivity index (χ0) is 23.0. The van der Waals surface area contributed by atoms with Gasteiger partial charge in [0.05, 0.1) is 22.3 Å². The Morgan fingerprint density at radius 3 is 2.69 bits per heavy atom. The molecule has 2 aliphatic rings. The van der Waals surface area contributed by atoms with Crippen molar-refractivity contribution in [1.82, 2.24) is 4.90 Å². The van der Waals surface area contributed by atoms with E-state index in [-0.39, 0.29) is 28.5 Å². The van der Waals surface area contributed by atoms with E-state index in [1.807, 2.05) is 13.8 Å². The van der Waals surface area contributed by atoms with Crippen molar-refractivity contribution in [3.05, 3.63) is 50.9 Å². The van der Waals surface area contributed by atoms with E-state index in [2.05, 4.69) is 11.4 Å². The molecule has 8 nitrogen and oxygen atoms in total. The van der Waals surface area contributed by atoms with Gasteiger partial charge in [0, 0.05) is 11.4 Å². The Hall–Kier alpha value is -3.51. The number of hydrogen-bond acceptors (Lipinski definition) is 7. The number of carbonyl (C=O) groups excluding carboxylic acids is 4. The van der Waals surface area contributed by atoms with Gasteiger partial charge in [-0.3, -0.25) is 19.3 Å². The minimum atomic E-state index is -0.778. The van der Waals surface area contributed by atoms with Gasteiger partial charge in [-0.1, -0.05) is 13.8 Å². The van der Waals surface area contributed by atoms with Crippen molar-refractivity contribution >= 4 is 40.0 Å². The van der Waals surface area contributed by atoms with Crippen LogP contribution in [0.4, 0.5) is 5.00 Å². The second-order valence-electron chi connectivity index (χ2n) is 8.17. The predicted octanol–water partition coefficient (Wildman–Crippen LogP) is 3.16. The van der Waals surface area contributed by atoms with Crippen LogP contribution in [0.2, 0.25) is 0 Å². The summed E-state index contributed by atoms with van der Waals surface area (Å²) in [4.78, 5) is 52.0. The highest BCUT2D eigenvalue weighted by molar-refractivity contribution is 7.16. The number of nitrogens with one attached hydrogen (secondary N) is 1. The molecule has 1 aliphatic carbocycles. The van der Waals surface area contributed by atoms with E-state index in [0.717, 1.165) is 29.7 Å². The van der Waals surface area contributed by atoms with E-state index in [1.165, 1.54) is 34.4 Å². The van der Waals surface area contributed by atoms with E-state index in [0.29, 0.717) is 17.1 Å². The van der Waals surface area contributed by atoms with Crippen LogP contribution in [0.15, 0.2) is 18.2 Å². The van der Waals surface area contributed by atoms with Gasteiger partial charge in [0.2, 0.25) is 0 Å². The molecule has 0 unspecified atom stereocenters. The maximum absolute atomic E-state index is 12.6. The number of amides is 3. The van der Waals surface area contributed by atoms with E-state index in [4.69, 9.17) is 4.74 Å². The molecule has 9 heteroatoms. The summed E-state index contributed by atoms with van der Waals surface area (Å²) in [5.41, 5.74) is 1.96. The minimum Gasteiger partial charge on any atom is -0.452 e. The number of thiophene rings is 1. The molecule has 1 aromatic carbocycles. The molecule has 3 amide bonds. The number of esters is 1. The lowest BCUT2D eigenvalue weighted by molar-refractivity contribution is -0.119. The number of anilines is 1. The van der Waals surface area contributed by atoms with Gasteiger partial charge in [-0.2, -0.15) is 5.26 Å². The van der Waals surface area contributed by atoms with Crippen LogP contribution in [0.1, 0.15) is 67.3 Å². The van der Waals surface area contributed by atoms with E-state index >= 15 is 0 Å². The molecule has 0 radical (unpaired) electrons. The fourth-order valence-electron chi connectivity index (χ4n) is 3.94. The van der Waals surface area contributed by atoms with Gasteiger partial charge in [0.15, 0.2) is 6.61 Å². The molecule has 0 bridgehead atoms. The van der Waals surface area contributed by atoms with Crippen LogP contribution >= 0.6 is 11.3 Å². The van der Waals surface area contributed by atoms with Crippen LogP contribution in [-0.2, 0) is 22.4 Å². The van der Waals surface area contributed by atoms with Crippen LogP contribution in [0.5, 0.6) is 0 Å². The summed E-state index contributed by atoms with van der Waals surface area (Å²) >= 11 is 1.38. The molecule has 1 N–H and O–H groups in total. The number of fused-ring (bicyclic) bond motifs is 2. The molecule has 1 aliphatic heterocycles. The molecular weight excluding hydrogens is 430 g/mol. The van der Waals surface area contributed by atoms with Crippen LogP contribution in [0.3, 0.4) is 0 Å². The summed E-state index contributed by atoms with van der Waals surface area (Å²) in [5.74, 6) is -2.04. The van der Waals surface area contributed by atoms with Gasteiger partial charge in [0.25, 0.3) is 17.7 Å². The number of rotatable bonds is 6. The Labute approximate surface area is 188 Å². The lowest BCUT2D eigenvalue weighted by Gasteiger charge is -2.15. The van der Waals surface area contributed by atoms with Gasteiger partial charge in [-0.15, -0.1) is 11.3 Å². The molecule has 0 spiro atoms. The highest BCUT2D eigenvalue weighted by Crippen LogP contribution is 2.38. The Bertz CT molecular complexity index is 1190. The molecule has 2 aromatic rings. The fourth-order valence-corrected chi connectivity index (χ4v) is 5.19. The first kappa shape index (κ1) is 21.7. The molecule has 164 valence electrons. The molecule has 0 atom stereocenters. The second-order valence-corrected chi connectivity index (χ2v) is 9.28. The van der Waals surface area contributed by atoms with Crippen molar-refractivity contribution in [3.63, 3.8) is 0 Å². The molecular formula is C23H21N3O5S. The number of aryl methyl sites for hydroxylation is 1. The molecule has 2 heterocycles. The number of ether oxygens (including phenoxy) is 1. The summed E-state index contributed by atoms with van der Waals surface area (Å²) in [6.45, 7) is 3.57. The quantitative estimate of drug-likeness (QED) is 0.533. The van der Waals surface area contributed by atoms with Crippen molar-refractivity contribution in [2.75, 3.05) is 18.5 Å². The first-order chi connectivity index (χ1) is 15.3. The third kappa shape index (κ3) is 3.89. The average molecular weight is 452 g/mol. The highest BCUT2D eigenvalue weighted by Gasteiger charge is 2.36. The first-order valence-corrected chi connectivity index (χ1v) is 11.1. The van der Waals surface area contributed by atoms with Crippen molar-refractivity contribution in [2.24, 2.45) is 5.92 Å². The van der Waals surface area contributed by atoms with Crippen LogP contribution in [0, 0.1) is 17.2 Å². The predicted molar refractivity (Wildman–Crippen MR) is 117 cm³/mol. The summed E-state index contributed by atoms with van der Waals surface area (Å²) < 4.78 is 5.09. The summed E-state index contributed by atoms with van der Waals surface area (Å²) in [7, 11) is 0. The Morgan fingerprint density at radius 1 is 1.22 bits per heavy atom. The van der Waals surface area contributed by atoms with Gasteiger partial charge >= 0.3 is 5.97 Å². The number of imide groups is 1. The van der Waals surface area contributed by atoms with Crippen molar-refractivity contribution in [3.8, 4) is 6.07 Å². The van der Waals surface area contributed by atoms with E-state index in [9.17, 15) is 24.4 Å². The third-order valence-electron chi connectivity index (χ3n) is 5.37. The summed E-state index contributed by atoms with van der Waals surface area (Å²) in [6, 6.07) is 6.30. The van der Waals surface area contributed by atoms with Gasteiger partial charge in [0.1, 0.15) is 11.1 Å². The van der Waals surface area contributed by atoms with Crippen LogP contribution in [-0.4, -0.2) is 41.7 Å². The van der Waals surface area contributed by atoms with Gasteiger partial charge < -0.3 is 10.1 Å². The third-order valence-corrected chi connectivity index (χ3v) is 6.58. The van der Waals surface area contributed by atoms with Crippen molar-refractivity contribution < 1.29 is 23.9 Å². The Morgan fingerprint density at radius 2 is 1.97 bits per heavy atom. The Kier molecular flexibility index (Phi) is 5.80. The molecule has 4 rings (SSSR count). The van der Waals surface area contributed by atoms with E-state index in [1.54, 1.807) is 0 Å². The van der Waals surface area contributed by atoms with Crippen LogP contribution < -0.4 is 5.32 Å². The van der Waals surface area contributed by atoms with E-state index < -0.39 is 24.4 Å². The Balaban J connectivity index is 1.40. The zero-order valence-electron chi connectivity index (χ0n) is 17.7. The number of carbonyl (C=O) groups is 4. The maximum Gasteiger partial charge on any atom is 0.338 e. The molecule has 1 aromatic heterocycles. The topological polar surface area (TPSA) is 117 Å². The number of nitrogens with zero attached hydrogens (tertiary/aromatic N) is 2. The highest BCUT2D eigenvalue weighted by atomic mass is 32.1. The number of benzene rings is 1. The number of hydrogen-bond donors (Lipinski definition) is 1. The lowest BCUT2D eigenvalue weighted by Crippen LogP contribution is -2.33. The molecule has 0 saturated heterocycles. The van der Waals surface area contributed by atoms with Crippen molar-refractivity contribution in [2.45, 2.75) is 33.1 Å². The standard InChI is InChI=1S/C23H21N3O5S/c1-12(2)10-26-21(28)15-7-6-13(8-16(15)22(26)29)23(30)31-11-19(27)25-20-17(9-24)14-4-3-5-18(14)32-20/h6-8,12H,3-5,10-11H2,1-2H3,(H,25,27). The molecule has 32 heavy (non-hydrogen) atoms. The van der Waals surface area contributed by atoms with Crippen molar-refractivity contribution in [1.29, 1.82) is 5.26 Å². The molecule has 0 saturated carbocycles. The minimum absolute atomic E-state index is 0.0805. The fraction of sp³-hybridized carbons (Fsp3) is 0.348. The van der Waals surface area contributed by atoms with Gasteiger partial charge in [-0.25, -0.2) is 4.79 Å².